The fourth-order valence-corrected chi connectivity index (χ4v) is 4.76. The molecule has 0 spiro atoms. The minimum Gasteiger partial charge on any atom is -0.312 e. The highest BCUT2D eigenvalue weighted by atomic mass is 32.2. The molecule has 0 radical (unpaired) electrons. The molecule has 100 valence electrons. The highest BCUT2D eigenvalue weighted by molar-refractivity contribution is 7.92. The van der Waals surface area contributed by atoms with Crippen molar-refractivity contribution in [1.82, 2.24) is 5.32 Å². The Morgan fingerprint density at radius 1 is 1.39 bits per heavy atom. The molecule has 2 rings (SSSR count). The van der Waals surface area contributed by atoms with Crippen molar-refractivity contribution >= 4 is 9.84 Å². The van der Waals surface area contributed by atoms with Crippen LogP contribution in [0, 0.1) is 5.82 Å². The van der Waals surface area contributed by atoms with E-state index in [0.29, 0.717) is 12.0 Å². The molecule has 1 heterocycles. The Labute approximate surface area is 107 Å². The predicted molar refractivity (Wildman–Crippen MR) is 69.6 cm³/mol. The first kappa shape index (κ1) is 13.5. The molecule has 1 saturated heterocycles. The number of hydrogen-bond acceptors (Lipinski definition) is 3. The lowest BCUT2D eigenvalue weighted by molar-refractivity contribution is 0.467. The monoisotopic (exact) mass is 271 g/mol. The predicted octanol–water partition coefficient (Wildman–Crippen LogP) is 2.05. The summed E-state index contributed by atoms with van der Waals surface area (Å²) in [6, 6.07) is 5.83. The summed E-state index contributed by atoms with van der Waals surface area (Å²) in [5.74, 6) is -0.0912. The summed E-state index contributed by atoms with van der Waals surface area (Å²) in [5.41, 5.74) is 0.702. The standard InChI is InChI=1S/C13H18FNO2S/c1-15-13(10-5-4-6-11(14)9-10)12-7-2-3-8-18(12,16)17/h4-6,9,12-13,15H,2-3,7-8H2,1H3. The number of hydrogen-bond donors (Lipinski definition) is 1. The van der Waals surface area contributed by atoms with E-state index < -0.39 is 15.1 Å². The number of rotatable bonds is 3. The molecule has 1 aromatic carbocycles. The van der Waals surface area contributed by atoms with E-state index in [1.807, 2.05) is 0 Å². The minimum atomic E-state index is -3.08. The SMILES string of the molecule is CNC(c1cccc(F)c1)C1CCCCS1(=O)=O. The highest BCUT2D eigenvalue weighted by Crippen LogP contribution is 2.30. The van der Waals surface area contributed by atoms with E-state index in [9.17, 15) is 12.8 Å². The smallest absolute Gasteiger partial charge is 0.155 e. The third kappa shape index (κ3) is 2.72. The third-order valence-corrected chi connectivity index (χ3v) is 5.81. The summed E-state index contributed by atoms with van der Waals surface area (Å²) in [7, 11) is -1.36. The summed E-state index contributed by atoms with van der Waals surface area (Å²) >= 11 is 0. The number of nitrogens with one attached hydrogen (secondary N) is 1. The Bertz CT molecular complexity index is 515. The number of sulfone groups is 1. The quantitative estimate of drug-likeness (QED) is 0.915. The molecular weight excluding hydrogens is 253 g/mol. The van der Waals surface area contributed by atoms with E-state index in [4.69, 9.17) is 0 Å². The van der Waals surface area contributed by atoms with Crippen LogP contribution in [0.25, 0.3) is 0 Å². The van der Waals surface area contributed by atoms with Crippen LogP contribution in [0.15, 0.2) is 24.3 Å². The number of halogens is 1. The zero-order chi connectivity index (χ0) is 13.2. The van der Waals surface area contributed by atoms with Crippen LogP contribution in [0.1, 0.15) is 30.9 Å². The fourth-order valence-electron chi connectivity index (χ4n) is 2.62. The Morgan fingerprint density at radius 2 is 2.17 bits per heavy atom. The van der Waals surface area contributed by atoms with Crippen LogP contribution in [-0.2, 0) is 9.84 Å². The zero-order valence-corrected chi connectivity index (χ0v) is 11.2. The van der Waals surface area contributed by atoms with Gasteiger partial charge in [-0.25, -0.2) is 12.8 Å². The van der Waals surface area contributed by atoms with E-state index in [0.717, 1.165) is 12.8 Å². The summed E-state index contributed by atoms with van der Waals surface area (Å²) < 4.78 is 37.5. The molecule has 1 aliphatic heterocycles. The molecule has 0 aliphatic carbocycles. The van der Waals surface area contributed by atoms with Gasteiger partial charge in [-0.05, 0) is 37.6 Å². The first-order chi connectivity index (χ1) is 8.54. The van der Waals surface area contributed by atoms with E-state index in [-0.39, 0.29) is 17.6 Å². The lowest BCUT2D eigenvalue weighted by atomic mass is 9.99. The first-order valence-electron chi connectivity index (χ1n) is 6.19. The first-order valence-corrected chi connectivity index (χ1v) is 7.90. The Balaban J connectivity index is 2.33. The molecule has 5 heteroatoms. The second-order valence-electron chi connectivity index (χ2n) is 4.72. The molecule has 0 bridgehead atoms. The van der Waals surface area contributed by atoms with Crippen LogP contribution < -0.4 is 5.32 Å². The van der Waals surface area contributed by atoms with Gasteiger partial charge in [-0.15, -0.1) is 0 Å². The Morgan fingerprint density at radius 3 is 2.78 bits per heavy atom. The average Bonchev–Trinajstić information content (AvgIpc) is 2.32. The van der Waals surface area contributed by atoms with Crippen LogP contribution in [0.5, 0.6) is 0 Å². The van der Waals surface area contributed by atoms with Gasteiger partial charge in [-0.2, -0.15) is 0 Å². The van der Waals surface area contributed by atoms with Crippen LogP contribution >= 0.6 is 0 Å². The van der Waals surface area contributed by atoms with Gasteiger partial charge in [0.1, 0.15) is 5.82 Å². The maximum absolute atomic E-state index is 13.2. The second kappa shape index (κ2) is 5.36. The van der Waals surface area contributed by atoms with Crippen LogP contribution in [-0.4, -0.2) is 26.5 Å². The van der Waals surface area contributed by atoms with Crippen molar-refractivity contribution in [3.63, 3.8) is 0 Å². The minimum absolute atomic E-state index is 0.241. The lowest BCUT2D eigenvalue weighted by Crippen LogP contribution is -2.39. The molecule has 1 aliphatic rings. The van der Waals surface area contributed by atoms with Gasteiger partial charge in [0.2, 0.25) is 0 Å². The van der Waals surface area contributed by atoms with Crippen molar-refractivity contribution in [1.29, 1.82) is 0 Å². The maximum atomic E-state index is 13.2. The van der Waals surface area contributed by atoms with Crippen LogP contribution in [0.4, 0.5) is 4.39 Å². The van der Waals surface area contributed by atoms with Gasteiger partial charge in [-0.1, -0.05) is 18.6 Å². The summed E-state index contributed by atoms with van der Waals surface area (Å²) in [6.45, 7) is 0. The van der Waals surface area contributed by atoms with Gasteiger partial charge in [0.25, 0.3) is 0 Å². The maximum Gasteiger partial charge on any atom is 0.155 e. The molecule has 1 fully saturated rings. The van der Waals surface area contributed by atoms with Crippen LogP contribution in [0.3, 0.4) is 0 Å². The van der Waals surface area contributed by atoms with E-state index in [2.05, 4.69) is 5.32 Å². The molecule has 3 nitrogen and oxygen atoms in total. The van der Waals surface area contributed by atoms with E-state index >= 15 is 0 Å². The topological polar surface area (TPSA) is 46.2 Å². The summed E-state index contributed by atoms with van der Waals surface area (Å²) in [6.07, 6.45) is 2.29. The average molecular weight is 271 g/mol. The normalized spacial score (nSPS) is 24.7. The van der Waals surface area contributed by atoms with E-state index in [1.165, 1.54) is 12.1 Å². The molecule has 1 N–H and O–H groups in total. The highest BCUT2D eigenvalue weighted by Gasteiger charge is 2.35. The summed E-state index contributed by atoms with van der Waals surface area (Å²) in [4.78, 5) is 0. The third-order valence-electron chi connectivity index (χ3n) is 3.52. The second-order valence-corrected chi connectivity index (χ2v) is 7.06. The molecule has 0 aromatic heterocycles. The van der Waals surface area contributed by atoms with Gasteiger partial charge < -0.3 is 5.32 Å². The zero-order valence-electron chi connectivity index (χ0n) is 10.4. The van der Waals surface area contributed by atoms with Crippen molar-refractivity contribution in [3.8, 4) is 0 Å². The van der Waals surface area contributed by atoms with Gasteiger partial charge in [0.05, 0.1) is 11.0 Å². The van der Waals surface area contributed by atoms with Crippen molar-refractivity contribution in [2.45, 2.75) is 30.6 Å². The number of benzene rings is 1. The molecule has 1 aromatic rings. The molecule has 2 unspecified atom stereocenters. The largest absolute Gasteiger partial charge is 0.312 e. The van der Waals surface area contributed by atoms with Crippen LogP contribution in [0.2, 0.25) is 0 Å². The van der Waals surface area contributed by atoms with Gasteiger partial charge in [0, 0.05) is 6.04 Å². The molecule has 0 amide bonds. The van der Waals surface area contributed by atoms with Gasteiger partial charge in [0.15, 0.2) is 9.84 Å². The van der Waals surface area contributed by atoms with E-state index in [1.54, 1.807) is 19.2 Å². The molecule has 2 atom stereocenters. The van der Waals surface area contributed by atoms with Gasteiger partial charge in [-0.3, -0.25) is 0 Å². The van der Waals surface area contributed by atoms with Crippen molar-refractivity contribution in [3.05, 3.63) is 35.6 Å². The van der Waals surface area contributed by atoms with Gasteiger partial charge >= 0.3 is 0 Å². The Hall–Kier alpha value is -0.940. The summed E-state index contributed by atoms with van der Waals surface area (Å²) in [5, 5.41) is 2.58. The molecular formula is C13H18FNO2S. The lowest BCUT2D eigenvalue weighted by Gasteiger charge is -2.30. The molecule has 18 heavy (non-hydrogen) atoms. The Kier molecular flexibility index (Phi) is 4.02. The van der Waals surface area contributed by atoms with Crippen molar-refractivity contribution in [2.24, 2.45) is 0 Å². The fraction of sp³-hybridized carbons (Fsp3) is 0.538. The van der Waals surface area contributed by atoms with Crippen molar-refractivity contribution < 1.29 is 12.8 Å². The molecule has 0 saturated carbocycles. The van der Waals surface area contributed by atoms with Crippen molar-refractivity contribution in [2.75, 3.05) is 12.8 Å².